The summed E-state index contributed by atoms with van der Waals surface area (Å²) in [6.07, 6.45) is 2.26. The van der Waals surface area contributed by atoms with Gasteiger partial charge in [0, 0.05) is 12.1 Å². The molecule has 1 aliphatic rings. The number of nitro benzene ring substituents is 1. The Morgan fingerprint density at radius 3 is 2.82 bits per heavy atom. The van der Waals surface area contributed by atoms with Gasteiger partial charge in [-0.15, -0.1) is 0 Å². The van der Waals surface area contributed by atoms with Gasteiger partial charge in [-0.3, -0.25) is 10.1 Å². The molecule has 0 radical (unpaired) electrons. The third kappa shape index (κ3) is 2.45. The van der Waals surface area contributed by atoms with E-state index in [9.17, 15) is 10.1 Å². The molecule has 0 aliphatic heterocycles. The van der Waals surface area contributed by atoms with Crippen LogP contribution >= 0.6 is 0 Å². The van der Waals surface area contributed by atoms with Crippen molar-refractivity contribution in [1.29, 1.82) is 5.26 Å². The number of nitrogens with zero attached hydrogens (tertiary/aromatic N) is 2. The molecule has 0 spiro atoms. The van der Waals surface area contributed by atoms with Crippen molar-refractivity contribution in [2.24, 2.45) is 5.92 Å². The van der Waals surface area contributed by atoms with Crippen molar-refractivity contribution in [1.82, 2.24) is 0 Å². The number of nitrogen functional groups attached to an aromatic ring is 1. The second-order valence-corrected chi connectivity index (χ2v) is 4.03. The van der Waals surface area contributed by atoms with Crippen LogP contribution < -0.4 is 10.5 Å². The molecule has 0 amide bonds. The molecule has 6 nitrogen and oxygen atoms in total. The minimum atomic E-state index is -0.610. The van der Waals surface area contributed by atoms with Crippen LogP contribution in [0.2, 0.25) is 0 Å². The van der Waals surface area contributed by atoms with Gasteiger partial charge in [0.25, 0.3) is 5.69 Å². The Morgan fingerprint density at radius 1 is 1.59 bits per heavy atom. The molecule has 0 heterocycles. The first-order valence-electron chi connectivity index (χ1n) is 5.22. The van der Waals surface area contributed by atoms with Gasteiger partial charge in [0.15, 0.2) is 0 Å². The summed E-state index contributed by atoms with van der Waals surface area (Å²) in [6.45, 7) is 0.534. The van der Waals surface area contributed by atoms with E-state index in [-0.39, 0.29) is 16.9 Å². The maximum Gasteiger partial charge on any atom is 0.293 e. The molecular formula is C11H11N3O3. The van der Waals surface area contributed by atoms with Crippen molar-refractivity contribution in [3.8, 4) is 11.8 Å². The Kier molecular flexibility index (Phi) is 2.83. The lowest BCUT2D eigenvalue weighted by Crippen LogP contribution is -2.03. The highest BCUT2D eigenvalue weighted by atomic mass is 16.6. The monoisotopic (exact) mass is 233 g/mol. The Balaban J connectivity index is 2.27. The van der Waals surface area contributed by atoms with Gasteiger partial charge in [-0.25, -0.2) is 0 Å². The highest BCUT2D eigenvalue weighted by Gasteiger charge is 2.23. The molecular weight excluding hydrogens is 222 g/mol. The van der Waals surface area contributed by atoms with Crippen LogP contribution in [0, 0.1) is 27.4 Å². The molecule has 0 atom stereocenters. The molecule has 0 unspecified atom stereocenters. The molecule has 17 heavy (non-hydrogen) atoms. The van der Waals surface area contributed by atoms with Crippen LogP contribution in [-0.2, 0) is 0 Å². The number of hydrogen-bond acceptors (Lipinski definition) is 5. The van der Waals surface area contributed by atoms with E-state index in [1.165, 1.54) is 6.07 Å². The zero-order valence-electron chi connectivity index (χ0n) is 9.05. The van der Waals surface area contributed by atoms with Gasteiger partial charge in [0.2, 0.25) is 0 Å². The number of benzene rings is 1. The quantitative estimate of drug-likeness (QED) is 0.485. The summed E-state index contributed by atoms with van der Waals surface area (Å²) in [4.78, 5) is 10.0. The van der Waals surface area contributed by atoms with Gasteiger partial charge in [-0.05, 0) is 18.8 Å². The first kappa shape index (κ1) is 11.2. The van der Waals surface area contributed by atoms with E-state index in [0.29, 0.717) is 18.3 Å². The van der Waals surface area contributed by atoms with Crippen molar-refractivity contribution < 1.29 is 9.66 Å². The van der Waals surface area contributed by atoms with Crippen molar-refractivity contribution in [2.75, 3.05) is 12.3 Å². The van der Waals surface area contributed by atoms with Crippen molar-refractivity contribution in [2.45, 2.75) is 12.8 Å². The largest absolute Gasteiger partial charge is 0.492 e. The summed E-state index contributed by atoms with van der Waals surface area (Å²) < 4.78 is 5.44. The number of ether oxygens (including phenoxy) is 1. The van der Waals surface area contributed by atoms with Gasteiger partial charge in [0.1, 0.15) is 23.1 Å². The van der Waals surface area contributed by atoms with E-state index < -0.39 is 4.92 Å². The summed E-state index contributed by atoms with van der Waals surface area (Å²) in [5.41, 5.74) is 5.43. The van der Waals surface area contributed by atoms with Crippen LogP contribution in [-0.4, -0.2) is 11.5 Å². The van der Waals surface area contributed by atoms with E-state index in [2.05, 4.69) is 0 Å². The third-order valence-corrected chi connectivity index (χ3v) is 2.62. The van der Waals surface area contributed by atoms with Gasteiger partial charge in [-0.1, -0.05) is 0 Å². The Morgan fingerprint density at radius 2 is 2.29 bits per heavy atom. The van der Waals surface area contributed by atoms with Crippen LogP contribution in [0.15, 0.2) is 12.1 Å². The van der Waals surface area contributed by atoms with Crippen LogP contribution in [0.1, 0.15) is 18.4 Å². The lowest BCUT2D eigenvalue weighted by molar-refractivity contribution is -0.383. The highest BCUT2D eigenvalue weighted by Crippen LogP contribution is 2.33. The number of nitriles is 1. The van der Waals surface area contributed by atoms with Gasteiger partial charge >= 0.3 is 0 Å². The minimum absolute atomic E-state index is 0.0137. The Bertz CT molecular complexity index is 503. The molecule has 6 heteroatoms. The SMILES string of the molecule is N#Cc1cc([N+](=O)[O-])c(N)cc1OCC1CC1. The summed E-state index contributed by atoms with van der Waals surface area (Å²) >= 11 is 0. The number of rotatable bonds is 4. The van der Waals surface area contributed by atoms with E-state index in [0.717, 1.165) is 18.9 Å². The molecule has 2 rings (SSSR count). The summed E-state index contributed by atoms with van der Waals surface area (Å²) in [5, 5.41) is 19.6. The molecule has 1 aromatic carbocycles. The van der Waals surface area contributed by atoms with Crippen LogP contribution in [0.4, 0.5) is 11.4 Å². The summed E-state index contributed by atoms with van der Waals surface area (Å²) in [5.74, 6) is 0.862. The molecule has 0 saturated heterocycles. The topological polar surface area (TPSA) is 102 Å². The number of hydrogen-bond donors (Lipinski definition) is 1. The fraction of sp³-hybridized carbons (Fsp3) is 0.364. The van der Waals surface area contributed by atoms with Crippen molar-refractivity contribution >= 4 is 11.4 Å². The fourth-order valence-electron chi connectivity index (χ4n) is 1.44. The average molecular weight is 233 g/mol. The van der Waals surface area contributed by atoms with Crippen molar-refractivity contribution in [3.63, 3.8) is 0 Å². The van der Waals surface area contributed by atoms with Gasteiger partial charge < -0.3 is 10.5 Å². The molecule has 1 aromatic rings. The standard InChI is InChI=1S/C11H11N3O3/c12-5-8-3-10(14(15)16)9(13)4-11(8)17-6-7-1-2-7/h3-4,7H,1-2,6,13H2. The zero-order chi connectivity index (χ0) is 12.4. The molecule has 1 fully saturated rings. The van der Waals surface area contributed by atoms with Gasteiger partial charge in [0.05, 0.1) is 11.5 Å². The Hall–Kier alpha value is -2.29. The van der Waals surface area contributed by atoms with Gasteiger partial charge in [-0.2, -0.15) is 5.26 Å². The molecule has 0 aromatic heterocycles. The molecule has 1 saturated carbocycles. The number of anilines is 1. The molecule has 1 aliphatic carbocycles. The molecule has 88 valence electrons. The second-order valence-electron chi connectivity index (χ2n) is 4.03. The van der Waals surface area contributed by atoms with Crippen molar-refractivity contribution in [3.05, 3.63) is 27.8 Å². The first-order chi connectivity index (χ1) is 8.11. The average Bonchev–Trinajstić information content (AvgIpc) is 3.09. The lowest BCUT2D eigenvalue weighted by atomic mass is 10.1. The third-order valence-electron chi connectivity index (χ3n) is 2.62. The summed E-state index contributed by atoms with van der Waals surface area (Å²) in [6, 6.07) is 4.37. The fourth-order valence-corrected chi connectivity index (χ4v) is 1.44. The maximum atomic E-state index is 10.7. The molecule has 0 bridgehead atoms. The smallest absolute Gasteiger partial charge is 0.293 e. The summed E-state index contributed by atoms with van der Waals surface area (Å²) in [7, 11) is 0. The number of nitrogens with two attached hydrogens (primary N) is 1. The zero-order valence-corrected chi connectivity index (χ0v) is 9.05. The number of nitro groups is 1. The predicted octanol–water partition coefficient (Wildman–Crippen LogP) is 1.84. The van der Waals surface area contributed by atoms with E-state index >= 15 is 0 Å². The highest BCUT2D eigenvalue weighted by molar-refractivity contribution is 5.66. The molecule has 2 N–H and O–H groups in total. The van der Waals surface area contributed by atoms with Crippen LogP contribution in [0.5, 0.6) is 5.75 Å². The van der Waals surface area contributed by atoms with E-state index in [4.69, 9.17) is 15.7 Å². The van der Waals surface area contributed by atoms with Crippen LogP contribution in [0.3, 0.4) is 0 Å². The normalized spacial score (nSPS) is 14.1. The minimum Gasteiger partial charge on any atom is -0.492 e. The lowest BCUT2D eigenvalue weighted by Gasteiger charge is -2.08. The van der Waals surface area contributed by atoms with E-state index in [1.807, 2.05) is 6.07 Å². The van der Waals surface area contributed by atoms with E-state index in [1.54, 1.807) is 0 Å². The Labute approximate surface area is 97.7 Å². The first-order valence-corrected chi connectivity index (χ1v) is 5.22. The second kappa shape index (κ2) is 4.29. The van der Waals surface area contributed by atoms with Crippen LogP contribution in [0.25, 0.3) is 0 Å². The predicted molar refractivity (Wildman–Crippen MR) is 60.4 cm³/mol. The maximum absolute atomic E-state index is 10.7.